The fourth-order valence-corrected chi connectivity index (χ4v) is 3.91. The third kappa shape index (κ3) is 4.61. The van der Waals surface area contributed by atoms with Crippen molar-refractivity contribution < 1.29 is 18.7 Å². The average Bonchev–Trinajstić information content (AvgIpc) is 2.81. The molecular formula is C26H24FNO3. The van der Waals surface area contributed by atoms with Gasteiger partial charge in [0.2, 0.25) is 0 Å². The molecule has 158 valence electrons. The van der Waals surface area contributed by atoms with Gasteiger partial charge in [0.05, 0.1) is 6.04 Å². The first-order valence-corrected chi connectivity index (χ1v) is 10.3. The molecule has 0 spiro atoms. The molecule has 1 amide bonds. The van der Waals surface area contributed by atoms with E-state index in [2.05, 4.69) is 12.6 Å². The molecule has 0 saturated heterocycles. The molecule has 31 heavy (non-hydrogen) atoms. The summed E-state index contributed by atoms with van der Waals surface area (Å²) < 4.78 is 25.4. The molecule has 5 heteroatoms. The highest BCUT2D eigenvalue weighted by Crippen LogP contribution is 2.40. The van der Waals surface area contributed by atoms with Crippen molar-refractivity contribution in [1.29, 1.82) is 0 Å². The van der Waals surface area contributed by atoms with Crippen LogP contribution in [0.25, 0.3) is 0 Å². The largest absolute Gasteiger partial charge is 0.489 e. The van der Waals surface area contributed by atoms with E-state index in [4.69, 9.17) is 9.47 Å². The van der Waals surface area contributed by atoms with Gasteiger partial charge < -0.3 is 9.47 Å². The number of hydrogen-bond acceptors (Lipinski definition) is 3. The van der Waals surface area contributed by atoms with Gasteiger partial charge in [0.1, 0.15) is 24.8 Å². The molecule has 1 unspecified atom stereocenters. The van der Waals surface area contributed by atoms with Crippen molar-refractivity contribution in [2.45, 2.75) is 19.1 Å². The summed E-state index contributed by atoms with van der Waals surface area (Å²) in [5.41, 5.74) is 3.77. The van der Waals surface area contributed by atoms with Crippen LogP contribution < -0.4 is 4.74 Å². The van der Waals surface area contributed by atoms with Crippen molar-refractivity contribution in [2.75, 3.05) is 13.2 Å². The zero-order valence-electron chi connectivity index (χ0n) is 17.2. The third-order valence-corrected chi connectivity index (χ3v) is 5.35. The minimum atomic E-state index is -0.436. The highest BCUT2D eigenvalue weighted by molar-refractivity contribution is 5.70. The first kappa shape index (κ1) is 20.7. The van der Waals surface area contributed by atoms with Crippen LogP contribution in [-0.2, 0) is 17.8 Å². The average molecular weight is 417 g/mol. The third-order valence-electron chi connectivity index (χ3n) is 5.35. The van der Waals surface area contributed by atoms with Crippen LogP contribution in [0, 0.1) is 5.82 Å². The van der Waals surface area contributed by atoms with Crippen LogP contribution in [0.1, 0.15) is 28.3 Å². The Morgan fingerprint density at radius 2 is 1.84 bits per heavy atom. The van der Waals surface area contributed by atoms with Gasteiger partial charge in [-0.15, -0.1) is 0 Å². The SMILES string of the molecule is C=CCOc1cc(F)ccc1C1c2ccccc2CCN1C(=O)OCc1ccccc1. The molecule has 1 heterocycles. The van der Waals surface area contributed by atoms with Gasteiger partial charge in [0.15, 0.2) is 0 Å². The Morgan fingerprint density at radius 3 is 2.65 bits per heavy atom. The zero-order chi connectivity index (χ0) is 21.6. The molecule has 0 fully saturated rings. The molecule has 1 aliphatic rings. The predicted octanol–water partition coefficient (Wildman–Crippen LogP) is 5.67. The molecular weight excluding hydrogens is 393 g/mol. The van der Waals surface area contributed by atoms with Crippen LogP contribution in [0.4, 0.5) is 9.18 Å². The van der Waals surface area contributed by atoms with Crippen molar-refractivity contribution in [3.63, 3.8) is 0 Å². The van der Waals surface area contributed by atoms with Gasteiger partial charge in [-0.05, 0) is 35.2 Å². The summed E-state index contributed by atoms with van der Waals surface area (Å²) in [6, 6.07) is 21.5. The molecule has 0 radical (unpaired) electrons. The van der Waals surface area contributed by atoms with Crippen molar-refractivity contribution >= 4 is 6.09 Å². The van der Waals surface area contributed by atoms with Crippen LogP contribution >= 0.6 is 0 Å². The lowest BCUT2D eigenvalue weighted by Crippen LogP contribution is -2.41. The van der Waals surface area contributed by atoms with E-state index in [1.807, 2.05) is 48.5 Å². The number of carbonyl (C=O) groups is 1. The highest BCUT2D eigenvalue weighted by Gasteiger charge is 2.34. The summed E-state index contributed by atoms with van der Waals surface area (Å²) in [6.45, 7) is 4.59. The Kier molecular flexibility index (Phi) is 6.32. The summed E-state index contributed by atoms with van der Waals surface area (Å²) in [5.74, 6) is -0.00688. The quantitative estimate of drug-likeness (QED) is 0.485. The van der Waals surface area contributed by atoms with Crippen molar-refractivity contribution in [2.24, 2.45) is 0 Å². The van der Waals surface area contributed by atoms with Crippen molar-refractivity contribution in [3.05, 3.63) is 114 Å². The molecule has 3 aromatic carbocycles. The molecule has 4 rings (SSSR count). The molecule has 0 aromatic heterocycles. The van der Waals surface area contributed by atoms with Gasteiger partial charge >= 0.3 is 6.09 Å². The number of fused-ring (bicyclic) bond motifs is 1. The topological polar surface area (TPSA) is 38.8 Å². The summed E-state index contributed by atoms with van der Waals surface area (Å²) in [6.07, 6.45) is 1.91. The van der Waals surface area contributed by atoms with Crippen molar-refractivity contribution in [3.8, 4) is 5.75 Å². The second-order valence-electron chi connectivity index (χ2n) is 7.37. The fourth-order valence-electron chi connectivity index (χ4n) is 3.91. The smallest absolute Gasteiger partial charge is 0.410 e. The number of hydrogen-bond donors (Lipinski definition) is 0. The van der Waals surface area contributed by atoms with Gasteiger partial charge in [-0.2, -0.15) is 0 Å². The van der Waals surface area contributed by atoms with Gasteiger partial charge in [-0.1, -0.05) is 67.3 Å². The van der Waals surface area contributed by atoms with E-state index in [0.29, 0.717) is 17.9 Å². The van der Waals surface area contributed by atoms with Gasteiger partial charge in [0, 0.05) is 18.2 Å². The molecule has 1 aliphatic heterocycles. The summed E-state index contributed by atoms with van der Waals surface area (Å²) in [5, 5.41) is 0. The number of amides is 1. The van der Waals surface area contributed by atoms with E-state index in [0.717, 1.165) is 23.1 Å². The Bertz CT molecular complexity index is 1070. The van der Waals surface area contributed by atoms with E-state index in [9.17, 15) is 9.18 Å². The second-order valence-corrected chi connectivity index (χ2v) is 7.37. The Balaban J connectivity index is 1.69. The van der Waals surface area contributed by atoms with Gasteiger partial charge in [-0.3, -0.25) is 4.90 Å². The predicted molar refractivity (Wildman–Crippen MR) is 117 cm³/mol. The summed E-state index contributed by atoms with van der Waals surface area (Å²) >= 11 is 0. The number of benzene rings is 3. The van der Waals surface area contributed by atoms with Crippen LogP contribution in [-0.4, -0.2) is 24.1 Å². The number of rotatable bonds is 6. The molecule has 0 bridgehead atoms. The van der Waals surface area contributed by atoms with E-state index < -0.39 is 18.0 Å². The minimum absolute atomic E-state index is 0.188. The zero-order valence-corrected chi connectivity index (χ0v) is 17.2. The monoisotopic (exact) mass is 417 g/mol. The lowest BCUT2D eigenvalue weighted by atomic mass is 9.88. The van der Waals surface area contributed by atoms with Gasteiger partial charge in [0.25, 0.3) is 0 Å². The summed E-state index contributed by atoms with van der Waals surface area (Å²) in [4.78, 5) is 14.8. The molecule has 0 aliphatic carbocycles. The summed E-state index contributed by atoms with van der Waals surface area (Å²) in [7, 11) is 0. The van der Waals surface area contributed by atoms with E-state index in [1.165, 1.54) is 12.1 Å². The maximum absolute atomic E-state index is 14.0. The van der Waals surface area contributed by atoms with E-state index >= 15 is 0 Å². The first-order valence-electron chi connectivity index (χ1n) is 10.3. The first-order chi connectivity index (χ1) is 15.2. The lowest BCUT2D eigenvalue weighted by molar-refractivity contribution is 0.0832. The van der Waals surface area contributed by atoms with Crippen molar-refractivity contribution in [1.82, 2.24) is 4.90 Å². The second kappa shape index (κ2) is 9.47. The number of nitrogens with zero attached hydrogens (tertiary/aromatic N) is 1. The van der Waals surface area contributed by atoms with Crippen LogP contribution in [0.3, 0.4) is 0 Å². The number of carbonyl (C=O) groups excluding carboxylic acids is 1. The van der Waals surface area contributed by atoms with E-state index in [1.54, 1.807) is 17.0 Å². The van der Waals surface area contributed by atoms with Crippen LogP contribution in [0.15, 0.2) is 85.5 Å². The van der Waals surface area contributed by atoms with Crippen LogP contribution in [0.5, 0.6) is 5.75 Å². The number of ether oxygens (including phenoxy) is 2. The standard InChI is InChI=1S/C26H24FNO3/c1-2-16-30-24-17-21(27)12-13-23(24)25-22-11-7-6-10-20(22)14-15-28(25)26(29)31-18-19-8-4-3-5-9-19/h2-13,17,25H,1,14-16,18H2. The van der Waals surface area contributed by atoms with Crippen LogP contribution in [0.2, 0.25) is 0 Å². The number of halogens is 1. The molecule has 0 N–H and O–H groups in total. The Morgan fingerprint density at radius 1 is 1.06 bits per heavy atom. The van der Waals surface area contributed by atoms with E-state index in [-0.39, 0.29) is 13.2 Å². The fraction of sp³-hybridized carbons (Fsp3) is 0.192. The van der Waals surface area contributed by atoms with Gasteiger partial charge in [-0.25, -0.2) is 9.18 Å². The molecule has 4 nitrogen and oxygen atoms in total. The highest BCUT2D eigenvalue weighted by atomic mass is 19.1. The maximum Gasteiger partial charge on any atom is 0.410 e. The Labute approximate surface area is 181 Å². The molecule has 1 atom stereocenters. The molecule has 3 aromatic rings. The Hall–Kier alpha value is -3.60. The normalized spacial score (nSPS) is 15.1. The maximum atomic E-state index is 14.0. The minimum Gasteiger partial charge on any atom is -0.489 e. The molecule has 0 saturated carbocycles. The lowest BCUT2D eigenvalue weighted by Gasteiger charge is -2.37.